The molecule has 1 aliphatic heterocycles. The minimum absolute atomic E-state index is 0.0422. The lowest BCUT2D eigenvalue weighted by molar-refractivity contribution is -0.133. The molecule has 1 unspecified atom stereocenters. The van der Waals surface area contributed by atoms with Crippen LogP contribution in [0.5, 0.6) is 5.75 Å². The Balaban J connectivity index is 1.59. The van der Waals surface area contributed by atoms with Gasteiger partial charge in [-0.1, -0.05) is 47.9 Å². The zero-order chi connectivity index (χ0) is 21.6. The zero-order valence-electron chi connectivity index (χ0n) is 18.2. The van der Waals surface area contributed by atoms with E-state index in [9.17, 15) is 4.79 Å². The lowest BCUT2D eigenvalue weighted by atomic mass is 9.86. The normalized spacial score (nSPS) is 21.3. The summed E-state index contributed by atoms with van der Waals surface area (Å²) in [7, 11) is 1.60. The Hall–Kier alpha value is -2.33. The lowest BCUT2D eigenvalue weighted by Gasteiger charge is -2.44. The topological polar surface area (TPSA) is 41.9 Å². The monoisotopic (exact) mass is 436 g/mol. The van der Waals surface area contributed by atoms with Crippen LogP contribution in [0.2, 0.25) is 5.02 Å². The van der Waals surface area contributed by atoms with Gasteiger partial charge >= 0.3 is 0 Å². The van der Waals surface area contributed by atoms with E-state index in [-0.39, 0.29) is 11.9 Å². The Kier molecular flexibility index (Phi) is 5.29. The van der Waals surface area contributed by atoms with Gasteiger partial charge in [0.2, 0.25) is 0 Å². The lowest BCUT2D eigenvalue weighted by Crippen LogP contribution is -2.50. The van der Waals surface area contributed by atoms with Gasteiger partial charge in [-0.25, -0.2) is 0 Å². The average Bonchev–Trinajstić information content (AvgIpc) is 3.58. The van der Waals surface area contributed by atoms with Crippen LogP contribution in [-0.2, 0) is 4.79 Å². The molecule has 0 bridgehead atoms. The largest absolute Gasteiger partial charge is 0.495 e. The molecule has 3 aliphatic rings. The standard InChI is InChI=1S/C26H29ClN2O2/c1-17-6-8-18(9-7-17)24(19-10-11-19)29-25(30)23(28-26(29)14-4-3-5-15-26)20-12-13-22(31-2)21(27)16-20/h6-9,12-13,16,19,24H,3-5,10-11,14-15H2,1-2H3. The fourth-order valence-electron chi connectivity index (χ4n) is 5.28. The minimum Gasteiger partial charge on any atom is -0.495 e. The number of aliphatic imine (C=N–C) groups is 1. The predicted octanol–water partition coefficient (Wildman–Crippen LogP) is 6.10. The molecule has 162 valence electrons. The summed E-state index contributed by atoms with van der Waals surface area (Å²) in [4.78, 5) is 21.3. The number of amides is 1. The summed E-state index contributed by atoms with van der Waals surface area (Å²) >= 11 is 6.40. The van der Waals surface area contributed by atoms with Gasteiger partial charge in [-0.15, -0.1) is 0 Å². The molecule has 0 saturated heterocycles. The van der Waals surface area contributed by atoms with Crippen LogP contribution in [0.15, 0.2) is 47.5 Å². The Morgan fingerprint density at radius 1 is 1.10 bits per heavy atom. The van der Waals surface area contributed by atoms with Crippen molar-refractivity contribution in [2.75, 3.05) is 7.11 Å². The quantitative estimate of drug-likeness (QED) is 0.568. The molecule has 0 N–H and O–H groups in total. The number of benzene rings is 2. The Bertz CT molecular complexity index is 1020. The van der Waals surface area contributed by atoms with Gasteiger partial charge < -0.3 is 9.64 Å². The van der Waals surface area contributed by atoms with Crippen molar-refractivity contribution in [2.24, 2.45) is 10.9 Å². The minimum atomic E-state index is -0.435. The van der Waals surface area contributed by atoms with E-state index in [4.69, 9.17) is 21.3 Å². The van der Waals surface area contributed by atoms with E-state index < -0.39 is 5.66 Å². The van der Waals surface area contributed by atoms with Gasteiger partial charge in [0.15, 0.2) is 0 Å². The molecule has 1 atom stereocenters. The van der Waals surface area contributed by atoms with E-state index in [1.54, 1.807) is 7.11 Å². The van der Waals surface area contributed by atoms with Crippen molar-refractivity contribution < 1.29 is 9.53 Å². The second-order valence-corrected chi connectivity index (χ2v) is 9.63. The number of halogens is 1. The maximum absolute atomic E-state index is 14.0. The Morgan fingerprint density at radius 2 is 1.81 bits per heavy atom. The molecule has 2 aliphatic carbocycles. The summed E-state index contributed by atoms with van der Waals surface area (Å²) in [5.41, 5.74) is 3.36. The molecule has 31 heavy (non-hydrogen) atoms. The van der Waals surface area contributed by atoms with Crippen LogP contribution in [0.1, 0.15) is 67.7 Å². The number of ether oxygens (including phenoxy) is 1. The SMILES string of the molecule is COc1ccc(C2=NC3(CCCCC3)N(C(c3ccc(C)cc3)C3CC3)C2=O)cc1Cl. The highest BCUT2D eigenvalue weighted by atomic mass is 35.5. The number of hydrogen-bond donors (Lipinski definition) is 0. The number of aryl methyl sites for hydroxylation is 1. The number of methoxy groups -OCH3 is 1. The second-order valence-electron chi connectivity index (χ2n) is 9.22. The Morgan fingerprint density at radius 3 is 2.42 bits per heavy atom. The summed E-state index contributed by atoms with van der Waals surface area (Å²) in [5.74, 6) is 1.16. The molecule has 5 heteroatoms. The van der Waals surface area contributed by atoms with Crippen molar-refractivity contribution in [2.45, 2.75) is 63.6 Å². The van der Waals surface area contributed by atoms with Crippen LogP contribution in [0.4, 0.5) is 0 Å². The van der Waals surface area contributed by atoms with Gasteiger partial charge in [0, 0.05) is 5.56 Å². The highest BCUT2D eigenvalue weighted by Gasteiger charge is 2.53. The first-order chi connectivity index (χ1) is 15.0. The molecular formula is C26H29ClN2O2. The van der Waals surface area contributed by atoms with Crippen LogP contribution >= 0.6 is 11.6 Å². The maximum atomic E-state index is 14.0. The van der Waals surface area contributed by atoms with Crippen LogP contribution in [0, 0.1) is 12.8 Å². The third kappa shape index (κ3) is 3.65. The highest BCUT2D eigenvalue weighted by molar-refractivity contribution is 6.47. The molecule has 1 spiro atoms. The molecule has 5 rings (SSSR count). The van der Waals surface area contributed by atoms with Crippen LogP contribution in [0.25, 0.3) is 0 Å². The summed E-state index contributed by atoms with van der Waals surface area (Å²) in [6.45, 7) is 2.11. The molecule has 1 amide bonds. The van der Waals surface area contributed by atoms with Gasteiger partial charge in [-0.05, 0) is 75.1 Å². The highest BCUT2D eigenvalue weighted by Crippen LogP contribution is 2.52. The van der Waals surface area contributed by atoms with Crippen molar-refractivity contribution >= 4 is 23.2 Å². The average molecular weight is 437 g/mol. The summed E-state index contributed by atoms with van der Waals surface area (Å²) < 4.78 is 5.30. The van der Waals surface area contributed by atoms with Crippen LogP contribution in [-0.4, -0.2) is 29.3 Å². The molecule has 2 fully saturated rings. The third-order valence-electron chi connectivity index (χ3n) is 7.03. The fraction of sp³-hybridized carbons (Fsp3) is 0.462. The van der Waals surface area contributed by atoms with E-state index in [2.05, 4.69) is 36.1 Å². The van der Waals surface area contributed by atoms with Crippen molar-refractivity contribution in [1.82, 2.24) is 4.90 Å². The van der Waals surface area contributed by atoms with Crippen molar-refractivity contribution in [3.05, 3.63) is 64.2 Å². The molecule has 1 heterocycles. The molecule has 2 aromatic rings. The van der Waals surface area contributed by atoms with Crippen LogP contribution in [0.3, 0.4) is 0 Å². The number of carbonyl (C=O) groups is 1. The van der Waals surface area contributed by atoms with E-state index in [0.717, 1.165) is 31.2 Å². The number of carbonyl (C=O) groups excluding carboxylic acids is 1. The van der Waals surface area contributed by atoms with Gasteiger partial charge in [0.05, 0.1) is 18.2 Å². The van der Waals surface area contributed by atoms with Gasteiger partial charge in [-0.2, -0.15) is 0 Å². The smallest absolute Gasteiger partial charge is 0.275 e. The summed E-state index contributed by atoms with van der Waals surface area (Å²) in [6, 6.07) is 14.3. The van der Waals surface area contributed by atoms with E-state index in [0.29, 0.717) is 22.4 Å². The summed E-state index contributed by atoms with van der Waals surface area (Å²) in [6.07, 6.45) is 7.62. The Labute approximate surface area is 189 Å². The van der Waals surface area contributed by atoms with Crippen LogP contribution < -0.4 is 4.74 Å². The predicted molar refractivity (Wildman–Crippen MR) is 124 cm³/mol. The van der Waals surface area contributed by atoms with Gasteiger partial charge in [-0.3, -0.25) is 9.79 Å². The van der Waals surface area contributed by atoms with Crippen molar-refractivity contribution in [3.63, 3.8) is 0 Å². The van der Waals surface area contributed by atoms with Gasteiger partial charge in [0.1, 0.15) is 17.1 Å². The molecule has 0 radical (unpaired) electrons. The van der Waals surface area contributed by atoms with Crippen molar-refractivity contribution in [1.29, 1.82) is 0 Å². The molecular weight excluding hydrogens is 408 g/mol. The zero-order valence-corrected chi connectivity index (χ0v) is 19.0. The number of nitrogens with zero attached hydrogens (tertiary/aromatic N) is 2. The van der Waals surface area contributed by atoms with Gasteiger partial charge in [0.25, 0.3) is 5.91 Å². The number of rotatable bonds is 5. The van der Waals surface area contributed by atoms with Crippen molar-refractivity contribution in [3.8, 4) is 5.75 Å². The summed E-state index contributed by atoms with van der Waals surface area (Å²) in [5, 5.41) is 0.504. The first-order valence-electron chi connectivity index (χ1n) is 11.4. The molecule has 2 saturated carbocycles. The van der Waals surface area contributed by atoms with E-state index >= 15 is 0 Å². The second kappa shape index (κ2) is 7.98. The third-order valence-corrected chi connectivity index (χ3v) is 7.33. The maximum Gasteiger partial charge on any atom is 0.275 e. The molecule has 2 aromatic carbocycles. The first-order valence-corrected chi connectivity index (χ1v) is 11.7. The molecule has 0 aromatic heterocycles. The number of hydrogen-bond acceptors (Lipinski definition) is 3. The van der Waals surface area contributed by atoms with E-state index in [1.807, 2.05) is 18.2 Å². The first kappa shape index (κ1) is 20.6. The van der Waals surface area contributed by atoms with E-state index in [1.165, 1.54) is 30.4 Å². The molecule has 4 nitrogen and oxygen atoms in total. The fourth-order valence-corrected chi connectivity index (χ4v) is 5.54.